The summed E-state index contributed by atoms with van der Waals surface area (Å²) in [6.07, 6.45) is 0.699. The van der Waals surface area contributed by atoms with E-state index in [1.54, 1.807) is 24.3 Å². The number of hydrogen-bond acceptors (Lipinski definition) is 5. The molecule has 1 heterocycles. The molecule has 5 nitrogen and oxygen atoms in total. The number of hydrogen-bond donors (Lipinski definition) is 0. The molecular weight excluding hydrogens is 308 g/mol. The summed E-state index contributed by atoms with van der Waals surface area (Å²) >= 11 is 0. The minimum absolute atomic E-state index is 0.133. The van der Waals surface area contributed by atoms with Crippen LogP contribution in [0.15, 0.2) is 54.6 Å². The largest absolute Gasteiger partial charge is 0.454 e. The smallest absolute Gasteiger partial charge is 0.343 e. The quantitative estimate of drug-likeness (QED) is 0.419. The van der Waals surface area contributed by atoms with Gasteiger partial charge < -0.3 is 14.2 Å². The van der Waals surface area contributed by atoms with Crippen molar-refractivity contribution in [2.75, 3.05) is 6.79 Å². The Morgan fingerprint density at radius 1 is 1.00 bits per heavy atom. The Kier molecular flexibility index (Phi) is 3.39. The summed E-state index contributed by atoms with van der Waals surface area (Å²) in [5.74, 6) is 0.752. The topological polar surface area (TPSA) is 61.8 Å². The van der Waals surface area contributed by atoms with Crippen LogP contribution in [0.5, 0.6) is 17.2 Å². The predicted octanol–water partition coefficient (Wildman–Crippen LogP) is 3.60. The van der Waals surface area contributed by atoms with Gasteiger partial charge in [0.25, 0.3) is 0 Å². The normalized spacial score (nSPS) is 12.2. The van der Waals surface area contributed by atoms with Gasteiger partial charge in [-0.25, -0.2) is 4.79 Å². The SMILES string of the molecule is O=Cc1c(OC(=O)c2ccc3c(c2)OCO3)ccc2ccccc12. The van der Waals surface area contributed by atoms with Gasteiger partial charge in [-0.1, -0.05) is 30.3 Å². The average molecular weight is 320 g/mol. The molecule has 3 aromatic carbocycles. The standard InChI is InChI=1S/C19H12O5/c20-10-15-14-4-2-1-3-12(14)5-7-16(15)24-19(21)13-6-8-17-18(9-13)23-11-22-17/h1-10H,11H2. The number of esters is 1. The molecule has 118 valence electrons. The maximum absolute atomic E-state index is 12.4. The molecule has 4 rings (SSSR count). The van der Waals surface area contributed by atoms with E-state index in [1.807, 2.05) is 30.3 Å². The number of aldehydes is 1. The van der Waals surface area contributed by atoms with E-state index in [9.17, 15) is 9.59 Å². The molecule has 0 unspecified atom stereocenters. The van der Waals surface area contributed by atoms with Crippen LogP contribution in [0.3, 0.4) is 0 Å². The lowest BCUT2D eigenvalue weighted by molar-refractivity contribution is 0.0733. The van der Waals surface area contributed by atoms with Gasteiger partial charge in [0.2, 0.25) is 6.79 Å². The van der Waals surface area contributed by atoms with E-state index >= 15 is 0 Å². The first-order valence-electron chi connectivity index (χ1n) is 7.35. The second kappa shape index (κ2) is 5.70. The molecule has 0 fully saturated rings. The molecule has 0 aliphatic carbocycles. The molecule has 0 spiro atoms. The molecular formula is C19H12O5. The van der Waals surface area contributed by atoms with Gasteiger partial charge in [0, 0.05) is 0 Å². The first-order valence-corrected chi connectivity index (χ1v) is 7.35. The third-order valence-electron chi connectivity index (χ3n) is 3.86. The summed E-state index contributed by atoms with van der Waals surface area (Å²) in [7, 11) is 0. The molecule has 0 aromatic heterocycles. The van der Waals surface area contributed by atoms with Gasteiger partial charge in [-0.15, -0.1) is 0 Å². The van der Waals surface area contributed by atoms with Crippen LogP contribution in [-0.4, -0.2) is 19.0 Å². The van der Waals surface area contributed by atoms with Crippen LogP contribution < -0.4 is 14.2 Å². The highest BCUT2D eigenvalue weighted by Crippen LogP contribution is 2.33. The minimum atomic E-state index is -0.563. The second-order valence-electron chi connectivity index (χ2n) is 5.27. The zero-order chi connectivity index (χ0) is 16.5. The fourth-order valence-corrected chi connectivity index (χ4v) is 2.67. The Bertz CT molecular complexity index is 961. The fraction of sp³-hybridized carbons (Fsp3) is 0.0526. The highest BCUT2D eigenvalue weighted by atomic mass is 16.7. The van der Waals surface area contributed by atoms with Gasteiger partial charge in [-0.05, 0) is 35.0 Å². The third kappa shape index (κ3) is 2.36. The van der Waals surface area contributed by atoms with E-state index < -0.39 is 5.97 Å². The minimum Gasteiger partial charge on any atom is -0.454 e. The van der Waals surface area contributed by atoms with Crippen LogP contribution >= 0.6 is 0 Å². The number of carbonyl (C=O) groups excluding carboxylic acids is 2. The summed E-state index contributed by atoms with van der Waals surface area (Å²) in [4.78, 5) is 23.9. The first kappa shape index (κ1) is 14.3. The van der Waals surface area contributed by atoms with Crippen molar-refractivity contribution >= 4 is 23.0 Å². The molecule has 24 heavy (non-hydrogen) atoms. The Morgan fingerprint density at radius 2 is 1.83 bits per heavy atom. The van der Waals surface area contributed by atoms with E-state index in [-0.39, 0.29) is 12.5 Å². The lowest BCUT2D eigenvalue weighted by Crippen LogP contribution is -2.10. The lowest BCUT2D eigenvalue weighted by Gasteiger charge is -2.09. The molecule has 0 saturated heterocycles. The highest BCUT2D eigenvalue weighted by molar-refractivity contribution is 6.02. The first-order chi connectivity index (χ1) is 11.8. The Hall–Kier alpha value is -3.34. The fourth-order valence-electron chi connectivity index (χ4n) is 2.67. The van der Waals surface area contributed by atoms with Gasteiger partial charge in [0.05, 0.1) is 11.1 Å². The van der Waals surface area contributed by atoms with Gasteiger partial charge >= 0.3 is 5.97 Å². The third-order valence-corrected chi connectivity index (χ3v) is 3.86. The summed E-state index contributed by atoms with van der Waals surface area (Å²) in [5.41, 5.74) is 0.673. The molecule has 1 aliphatic rings. The molecule has 0 N–H and O–H groups in total. The zero-order valence-corrected chi connectivity index (χ0v) is 12.5. The number of fused-ring (bicyclic) bond motifs is 2. The molecule has 0 radical (unpaired) electrons. The lowest BCUT2D eigenvalue weighted by atomic mass is 10.0. The molecule has 0 amide bonds. The number of benzene rings is 3. The van der Waals surface area contributed by atoms with Crippen molar-refractivity contribution in [2.24, 2.45) is 0 Å². The number of carbonyl (C=O) groups is 2. The van der Waals surface area contributed by atoms with Crippen molar-refractivity contribution in [3.63, 3.8) is 0 Å². The van der Waals surface area contributed by atoms with Crippen LogP contribution in [0.2, 0.25) is 0 Å². The van der Waals surface area contributed by atoms with Crippen molar-refractivity contribution in [1.29, 1.82) is 0 Å². The Morgan fingerprint density at radius 3 is 2.71 bits per heavy atom. The van der Waals surface area contributed by atoms with Crippen LogP contribution in [0.1, 0.15) is 20.7 Å². The van der Waals surface area contributed by atoms with Crippen LogP contribution in [0.25, 0.3) is 10.8 Å². The van der Waals surface area contributed by atoms with Gasteiger partial charge in [-0.2, -0.15) is 0 Å². The molecule has 0 bridgehead atoms. The highest BCUT2D eigenvalue weighted by Gasteiger charge is 2.18. The average Bonchev–Trinajstić information content (AvgIpc) is 3.09. The Balaban J connectivity index is 1.69. The predicted molar refractivity (Wildman–Crippen MR) is 86.9 cm³/mol. The summed E-state index contributed by atoms with van der Waals surface area (Å²) in [6.45, 7) is 0.133. The van der Waals surface area contributed by atoms with Gasteiger partial charge in [-0.3, -0.25) is 4.79 Å². The molecule has 3 aromatic rings. The Labute approximate surface area is 137 Å². The van der Waals surface area contributed by atoms with E-state index in [1.165, 1.54) is 0 Å². The molecule has 0 atom stereocenters. The molecule has 1 aliphatic heterocycles. The van der Waals surface area contributed by atoms with Gasteiger partial charge in [0.15, 0.2) is 17.8 Å². The van der Waals surface area contributed by atoms with Crippen molar-refractivity contribution in [3.8, 4) is 17.2 Å². The molecule has 5 heteroatoms. The van der Waals surface area contributed by atoms with E-state index in [0.29, 0.717) is 28.9 Å². The van der Waals surface area contributed by atoms with Crippen molar-refractivity contribution < 1.29 is 23.8 Å². The maximum Gasteiger partial charge on any atom is 0.343 e. The summed E-state index contributed by atoms with van der Waals surface area (Å²) in [6, 6.07) is 15.7. The zero-order valence-electron chi connectivity index (χ0n) is 12.5. The number of rotatable bonds is 3. The monoisotopic (exact) mass is 320 g/mol. The maximum atomic E-state index is 12.4. The summed E-state index contributed by atoms with van der Waals surface area (Å²) < 4.78 is 15.9. The van der Waals surface area contributed by atoms with Crippen LogP contribution in [-0.2, 0) is 0 Å². The van der Waals surface area contributed by atoms with Crippen LogP contribution in [0, 0.1) is 0 Å². The van der Waals surface area contributed by atoms with Crippen molar-refractivity contribution in [2.45, 2.75) is 0 Å². The van der Waals surface area contributed by atoms with Crippen molar-refractivity contribution in [1.82, 2.24) is 0 Å². The molecule has 0 saturated carbocycles. The van der Waals surface area contributed by atoms with E-state index in [2.05, 4.69) is 0 Å². The van der Waals surface area contributed by atoms with E-state index in [0.717, 1.165) is 10.8 Å². The van der Waals surface area contributed by atoms with Gasteiger partial charge in [0.1, 0.15) is 5.75 Å². The second-order valence-corrected chi connectivity index (χ2v) is 5.27. The number of ether oxygens (including phenoxy) is 3. The van der Waals surface area contributed by atoms with Crippen molar-refractivity contribution in [3.05, 3.63) is 65.7 Å². The summed E-state index contributed by atoms with van der Waals surface area (Å²) in [5, 5.41) is 1.64. The van der Waals surface area contributed by atoms with Crippen LogP contribution in [0.4, 0.5) is 0 Å². The van der Waals surface area contributed by atoms with E-state index in [4.69, 9.17) is 14.2 Å².